The number of anilines is 3. The van der Waals surface area contributed by atoms with E-state index in [0.717, 1.165) is 54.1 Å². The van der Waals surface area contributed by atoms with Crippen molar-refractivity contribution in [3.63, 3.8) is 0 Å². The predicted molar refractivity (Wildman–Crippen MR) is 303 cm³/mol. The minimum atomic E-state index is -0.117. The van der Waals surface area contributed by atoms with E-state index in [4.69, 9.17) is 4.42 Å². The smallest absolute Gasteiger partial charge is 0.138 e. The van der Waals surface area contributed by atoms with E-state index in [9.17, 15) is 0 Å². The van der Waals surface area contributed by atoms with Crippen LogP contribution in [0.1, 0.15) is 98.1 Å². The second kappa shape index (κ2) is 17.0. The van der Waals surface area contributed by atoms with E-state index in [1.165, 1.54) is 100.0 Å². The fourth-order valence-electron chi connectivity index (χ4n) is 13.3. The summed E-state index contributed by atoms with van der Waals surface area (Å²) < 4.78 is 6.56. The highest BCUT2D eigenvalue weighted by molar-refractivity contribution is 5.93. The number of furan rings is 1. The van der Waals surface area contributed by atoms with Crippen molar-refractivity contribution in [2.24, 2.45) is 5.92 Å². The van der Waals surface area contributed by atoms with Crippen LogP contribution in [0.5, 0.6) is 0 Å². The first-order chi connectivity index (χ1) is 35.1. The average molecular weight is 932 g/mol. The van der Waals surface area contributed by atoms with Gasteiger partial charge in [0.1, 0.15) is 11.3 Å². The second-order valence-electron chi connectivity index (χ2n) is 21.9. The molecule has 0 N–H and O–H groups in total. The topological polar surface area (TPSA) is 16.4 Å². The van der Waals surface area contributed by atoms with Gasteiger partial charge in [-0.3, -0.25) is 0 Å². The van der Waals surface area contributed by atoms with Gasteiger partial charge in [0.05, 0.1) is 0 Å². The number of para-hydroxylation sites is 1. The quantitative estimate of drug-likeness (QED) is 0.143. The SMILES string of the molecule is CCCc1ccccc1-c1c(C)cccc1-c1ccc(N(c2ccc(-c3ccc4c(c3)C3C=CC(C5=CCCc6c5oc5ccccc65)=CC3C4(C)C)cc2)c2ccc3c(c2)C(C)(C)c2ccccc2-3)cc1. The Morgan fingerprint density at radius 3 is 2.08 bits per heavy atom. The van der Waals surface area contributed by atoms with Crippen molar-refractivity contribution in [2.75, 3.05) is 4.90 Å². The summed E-state index contributed by atoms with van der Waals surface area (Å²) in [5.74, 6) is 1.71. The molecule has 2 atom stereocenters. The van der Waals surface area contributed by atoms with E-state index in [1.807, 2.05) is 0 Å². The van der Waals surface area contributed by atoms with Crippen LogP contribution in [0.3, 0.4) is 0 Å². The van der Waals surface area contributed by atoms with Crippen LogP contribution in [-0.2, 0) is 23.7 Å². The molecule has 0 radical (unpaired) electrons. The molecular weight excluding hydrogens is 871 g/mol. The molecule has 1 aromatic heterocycles. The largest absolute Gasteiger partial charge is 0.456 e. The van der Waals surface area contributed by atoms with Crippen LogP contribution >= 0.6 is 0 Å². The Hall–Kier alpha value is -7.68. The number of nitrogens with zero attached hydrogens (tertiary/aromatic N) is 1. The lowest BCUT2D eigenvalue weighted by molar-refractivity contribution is 0.393. The van der Waals surface area contributed by atoms with Crippen LogP contribution in [0.2, 0.25) is 0 Å². The van der Waals surface area contributed by atoms with Gasteiger partial charge < -0.3 is 9.32 Å². The molecule has 0 fully saturated rings. The molecule has 0 aliphatic heterocycles. The number of hydrogen-bond acceptors (Lipinski definition) is 2. The molecule has 72 heavy (non-hydrogen) atoms. The van der Waals surface area contributed by atoms with Crippen LogP contribution in [0.25, 0.3) is 61.0 Å². The molecule has 1 heterocycles. The van der Waals surface area contributed by atoms with Gasteiger partial charge in [-0.25, -0.2) is 0 Å². The molecule has 2 heteroatoms. The van der Waals surface area contributed by atoms with E-state index in [2.05, 4.69) is 247 Å². The maximum atomic E-state index is 6.56. The number of hydrogen-bond donors (Lipinski definition) is 0. The molecule has 0 saturated carbocycles. The lowest BCUT2D eigenvalue weighted by Gasteiger charge is -2.31. The van der Waals surface area contributed by atoms with Gasteiger partial charge in [-0.15, -0.1) is 0 Å². The zero-order valence-electron chi connectivity index (χ0n) is 42.4. The van der Waals surface area contributed by atoms with Gasteiger partial charge in [0.2, 0.25) is 0 Å². The van der Waals surface area contributed by atoms with Crippen molar-refractivity contribution in [1.29, 1.82) is 0 Å². The summed E-state index contributed by atoms with van der Waals surface area (Å²) in [6.45, 7) is 14.1. The molecule has 0 saturated heterocycles. The minimum absolute atomic E-state index is 0.0212. The van der Waals surface area contributed by atoms with Crippen LogP contribution in [-0.4, -0.2) is 0 Å². The number of allylic oxidation sites excluding steroid dienone is 6. The summed E-state index contributed by atoms with van der Waals surface area (Å²) in [5, 5.41) is 1.25. The summed E-state index contributed by atoms with van der Waals surface area (Å²) in [6.07, 6.45) is 14.0. The number of rotatable bonds is 9. The molecular formula is C70H61NO. The third-order valence-corrected chi connectivity index (χ3v) is 17.0. The van der Waals surface area contributed by atoms with Crippen molar-refractivity contribution >= 4 is 33.6 Å². The van der Waals surface area contributed by atoms with E-state index in [-0.39, 0.29) is 10.8 Å². The fourth-order valence-corrected chi connectivity index (χ4v) is 13.3. The number of fused-ring (bicyclic) bond motifs is 9. The Morgan fingerprint density at radius 2 is 1.28 bits per heavy atom. The first-order valence-corrected chi connectivity index (χ1v) is 26.3. The molecule has 4 aliphatic rings. The van der Waals surface area contributed by atoms with Crippen LogP contribution in [0, 0.1) is 12.8 Å². The van der Waals surface area contributed by atoms with Crippen molar-refractivity contribution in [2.45, 2.75) is 84.0 Å². The van der Waals surface area contributed by atoms with Gasteiger partial charge in [0.15, 0.2) is 0 Å². The monoisotopic (exact) mass is 931 g/mol. The zero-order valence-corrected chi connectivity index (χ0v) is 42.4. The lowest BCUT2D eigenvalue weighted by atomic mass is 9.72. The molecule has 2 unspecified atom stereocenters. The Morgan fingerprint density at radius 1 is 0.597 bits per heavy atom. The molecule has 13 rings (SSSR count). The molecule has 0 bridgehead atoms. The van der Waals surface area contributed by atoms with Crippen LogP contribution < -0.4 is 4.90 Å². The van der Waals surface area contributed by atoms with Gasteiger partial charge in [0, 0.05) is 44.9 Å². The first-order valence-electron chi connectivity index (χ1n) is 26.3. The van der Waals surface area contributed by atoms with Gasteiger partial charge in [-0.1, -0.05) is 199 Å². The maximum absolute atomic E-state index is 6.56. The molecule has 0 amide bonds. The lowest BCUT2D eigenvalue weighted by Crippen LogP contribution is -2.25. The number of aryl methyl sites for hydroxylation is 3. The third-order valence-electron chi connectivity index (χ3n) is 17.0. The molecule has 4 aliphatic carbocycles. The van der Waals surface area contributed by atoms with Gasteiger partial charge in [0.25, 0.3) is 0 Å². The Balaban J connectivity index is 0.850. The molecule has 2 nitrogen and oxygen atoms in total. The summed E-state index contributed by atoms with van der Waals surface area (Å²) in [7, 11) is 0. The van der Waals surface area contributed by atoms with Crippen LogP contribution in [0.4, 0.5) is 17.1 Å². The summed E-state index contributed by atoms with van der Waals surface area (Å²) in [6, 6.07) is 66.1. The van der Waals surface area contributed by atoms with Gasteiger partial charge >= 0.3 is 0 Å². The van der Waals surface area contributed by atoms with E-state index in [0.29, 0.717) is 11.8 Å². The third kappa shape index (κ3) is 6.97. The Labute approximate surface area is 425 Å². The molecule has 352 valence electrons. The highest BCUT2D eigenvalue weighted by Gasteiger charge is 2.46. The first kappa shape index (κ1) is 44.3. The predicted octanol–water partition coefficient (Wildman–Crippen LogP) is 19.0. The van der Waals surface area contributed by atoms with Crippen molar-refractivity contribution in [3.05, 3.63) is 251 Å². The van der Waals surface area contributed by atoms with E-state index < -0.39 is 0 Å². The normalized spacial score (nSPS) is 17.6. The van der Waals surface area contributed by atoms with Crippen molar-refractivity contribution in [1.82, 2.24) is 0 Å². The molecule has 0 spiro atoms. The fraction of sp³-hybridized carbons (Fsp3) is 0.200. The highest BCUT2D eigenvalue weighted by Crippen LogP contribution is 2.56. The molecule has 8 aromatic carbocycles. The summed E-state index contributed by atoms with van der Waals surface area (Å²) >= 11 is 0. The minimum Gasteiger partial charge on any atom is -0.456 e. The van der Waals surface area contributed by atoms with Crippen molar-refractivity contribution in [3.8, 4) is 44.5 Å². The van der Waals surface area contributed by atoms with Gasteiger partial charge in [-0.05, 0) is 163 Å². The van der Waals surface area contributed by atoms with Crippen molar-refractivity contribution < 1.29 is 4.42 Å². The van der Waals surface area contributed by atoms with E-state index in [1.54, 1.807) is 0 Å². The maximum Gasteiger partial charge on any atom is 0.138 e. The second-order valence-corrected chi connectivity index (χ2v) is 21.9. The standard InChI is InChI=1S/C70H61NO/c1-7-16-46-18-8-9-19-53(46)67-44(2)17-14-22-54(67)47-29-35-51(36-30-47)71(52-37-39-57-56-20-10-12-25-62(56)69(3,4)65(57)43-52)50-33-27-45(28-34-50)48-32-40-63-61(41-48)58-38-31-49(42-64(58)70(63,5)6)55-23-15-24-60-59-21-11-13-26-66(59)72-68(55)60/h8-14,17-23,25-43,58,64H,7,15-16,24H2,1-6H3. The Kier molecular flexibility index (Phi) is 10.4. The summed E-state index contributed by atoms with van der Waals surface area (Å²) in [4.78, 5) is 2.45. The number of benzene rings is 8. The summed E-state index contributed by atoms with van der Waals surface area (Å²) in [5.41, 5.74) is 26.8. The highest BCUT2D eigenvalue weighted by atomic mass is 16.3. The van der Waals surface area contributed by atoms with Crippen LogP contribution in [0.15, 0.2) is 210 Å². The van der Waals surface area contributed by atoms with E-state index >= 15 is 0 Å². The molecule has 9 aromatic rings. The zero-order chi connectivity index (χ0) is 48.9. The Bertz CT molecular complexity index is 3720. The van der Waals surface area contributed by atoms with Gasteiger partial charge in [-0.2, -0.15) is 0 Å². The average Bonchev–Trinajstić information content (AvgIpc) is 3.98.